The fourth-order valence-corrected chi connectivity index (χ4v) is 4.63. The van der Waals surface area contributed by atoms with E-state index in [9.17, 15) is 23.2 Å². The second kappa shape index (κ2) is 8.69. The van der Waals surface area contributed by atoms with E-state index in [-0.39, 0.29) is 54.4 Å². The Morgan fingerprint density at radius 1 is 1.09 bits per heavy atom. The Morgan fingerprint density at radius 2 is 1.70 bits per heavy atom. The molecule has 0 aromatic heterocycles. The van der Waals surface area contributed by atoms with Crippen LogP contribution in [0, 0.1) is 5.41 Å². The van der Waals surface area contributed by atoms with Gasteiger partial charge in [-0.05, 0) is 31.2 Å². The predicted octanol–water partition coefficient (Wildman–Crippen LogP) is 3.78. The van der Waals surface area contributed by atoms with Crippen LogP contribution in [-0.2, 0) is 26.9 Å². The van der Waals surface area contributed by atoms with Crippen LogP contribution in [0.1, 0.15) is 65.5 Å². The maximum absolute atomic E-state index is 13.7. The Balaban J connectivity index is 1.91. The van der Waals surface area contributed by atoms with Gasteiger partial charge in [0, 0.05) is 38.0 Å². The van der Waals surface area contributed by atoms with Gasteiger partial charge in [-0.2, -0.15) is 0 Å². The van der Waals surface area contributed by atoms with E-state index in [0.717, 1.165) is 6.92 Å². The van der Waals surface area contributed by atoms with Crippen molar-refractivity contribution in [2.45, 2.75) is 78.4 Å². The standard InChI is InChI=1S/C25H35F2N3O3/c1-17(2)29-15-21(32)30(14-18-7-9-19(10-8-18)24(6,26)27)25(22(29)33)11-12-28(16-25)20(31)13-23(3,4)5/h7-10,17H,11-16H2,1-6H3. The summed E-state index contributed by atoms with van der Waals surface area (Å²) in [7, 11) is 0. The molecule has 0 bridgehead atoms. The van der Waals surface area contributed by atoms with E-state index in [1.165, 1.54) is 12.1 Å². The first-order valence-corrected chi connectivity index (χ1v) is 11.5. The molecule has 2 aliphatic heterocycles. The van der Waals surface area contributed by atoms with Crippen molar-refractivity contribution in [2.24, 2.45) is 5.41 Å². The summed E-state index contributed by atoms with van der Waals surface area (Å²) in [6.45, 7) is 11.2. The number of alkyl halides is 2. The van der Waals surface area contributed by atoms with E-state index in [0.29, 0.717) is 24.9 Å². The van der Waals surface area contributed by atoms with E-state index in [2.05, 4.69) is 0 Å². The quantitative estimate of drug-likeness (QED) is 0.668. The number of hydrogen-bond donors (Lipinski definition) is 0. The van der Waals surface area contributed by atoms with Crippen molar-refractivity contribution in [3.8, 4) is 0 Å². The highest BCUT2D eigenvalue weighted by atomic mass is 19.3. The Morgan fingerprint density at radius 3 is 2.21 bits per heavy atom. The Bertz CT molecular complexity index is 918. The number of benzene rings is 1. The summed E-state index contributed by atoms with van der Waals surface area (Å²) < 4.78 is 27.2. The third kappa shape index (κ3) is 5.20. The maximum Gasteiger partial charge on any atom is 0.270 e. The molecule has 2 saturated heterocycles. The molecule has 8 heteroatoms. The third-order valence-electron chi connectivity index (χ3n) is 6.49. The van der Waals surface area contributed by atoms with Gasteiger partial charge in [0.15, 0.2) is 0 Å². The molecular weight excluding hydrogens is 428 g/mol. The summed E-state index contributed by atoms with van der Waals surface area (Å²) in [6, 6.07) is 5.71. The molecule has 1 aromatic carbocycles. The average Bonchev–Trinajstić information content (AvgIpc) is 3.13. The van der Waals surface area contributed by atoms with Crippen LogP contribution in [0.4, 0.5) is 8.78 Å². The number of amides is 3. The highest BCUT2D eigenvalue weighted by molar-refractivity contribution is 5.99. The Kier molecular flexibility index (Phi) is 6.61. The number of carbonyl (C=O) groups excluding carboxylic acids is 3. The largest absolute Gasteiger partial charge is 0.340 e. The van der Waals surface area contributed by atoms with Gasteiger partial charge in [0.1, 0.15) is 12.1 Å². The van der Waals surface area contributed by atoms with Gasteiger partial charge >= 0.3 is 0 Å². The molecule has 1 unspecified atom stereocenters. The summed E-state index contributed by atoms with van der Waals surface area (Å²) in [5, 5.41) is 0. The predicted molar refractivity (Wildman–Crippen MR) is 121 cm³/mol. The minimum absolute atomic E-state index is 0.0285. The van der Waals surface area contributed by atoms with Crippen molar-refractivity contribution in [2.75, 3.05) is 19.6 Å². The molecule has 0 saturated carbocycles. The number of hydrogen-bond acceptors (Lipinski definition) is 3. The highest BCUT2D eigenvalue weighted by Crippen LogP contribution is 2.37. The molecule has 2 aliphatic rings. The van der Waals surface area contributed by atoms with Crippen LogP contribution in [0.15, 0.2) is 24.3 Å². The maximum atomic E-state index is 13.7. The van der Waals surface area contributed by atoms with E-state index in [1.54, 1.807) is 26.8 Å². The summed E-state index contributed by atoms with van der Waals surface area (Å²) >= 11 is 0. The van der Waals surface area contributed by atoms with Gasteiger partial charge in [-0.1, -0.05) is 45.0 Å². The number of likely N-dealkylation sites (tertiary alicyclic amines) is 1. The lowest BCUT2D eigenvalue weighted by Gasteiger charge is -2.48. The van der Waals surface area contributed by atoms with Crippen molar-refractivity contribution in [3.05, 3.63) is 35.4 Å². The van der Waals surface area contributed by atoms with E-state index < -0.39 is 11.5 Å². The van der Waals surface area contributed by atoms with Crippen LogP contribution in [0.3, 0.4) is 0 Å². The number of piperazine rings is 1. The van der Waals surface area contributed by atoms with Gasteiger partial charge < -0.3 is 14.7 Å². The SMILES string of the molecule is CC(C)N1CC(=O)N(Cc2ccc(C(C)(F)F)cc2)C2(CCN(C(=O)CC(C)(C)C)C2)C1=O. The zero-order valence-corrected chi connectivity index (χ0v) is 20.5. The minimum Gasteiger partial charge on any atom is -0.340 e. The molecule has 33 heavy (non-hydrogen) atoms. The summed E-state index contributed by atoms with van der Waals surface area (Å²) in [6.07, 6.45) is 0.716. The smallest absolute Gasteiger partial charge is 0.270 e. The monoisotopic (exact) mass is 463 g/mol. The average molecular weight is 464 g/mol. The third-order valence-corrected chi connectivity index (χ3v) is 6.49. The summed E-state index contributed by atoms with van der Waals surface area (Å²) in [5.41, 5.74) is -0.763. The molecule has 3 amide bonds. The van der Waals surface area contributed by atoms with E-state index >= 15 is 0 Å². The van der Waals surface area contributed by atoms with Gasteiger partial charge in [-0.15, -0.1) is 0 Å². The molecule has 1 aromatic rings. The summed E-state index contributed by atoms with van der Waals surface area (Å²) in [5.74, 6) is -3.33. The number of rotatable bonds is 5. The van der Waals surface area contributed by atoms with Crippen LogP contribution < -0.4 is 0 Å². The summed E-state index contributed by atoms with van der Waals surface area (Å²) in [4.78, 5) is 44.7. The molecular formula is C25H35F2N3O3. The Hall–Kier alpha value is -2.51. The first-order valence-electron chi connectivity index (χ1n) is 11.5. The number of halogens is 2. The van der Waals surface area contributed by atoms with Crippen LogP contribution in [-0.4, -0.2) is 63.6 Å². The van der Waals surface area contributed by atoms with Crippen molar-refractivity contribution < 1.29 is 23.2 Å². The lowest BCUT2D eigenvalue weighted by Crippen LogP contribution is -2.69. The second-order valence-corrected chi connectivity index (χ2v) is 10.9. The molecule has 1 spiro atoms. The first kappa shape index (κ1) is 25.1. The zero-order chi connectivity index (χ0) is 24.8. The van der Waals surface area contributed by atoms with Gasteiger partial charge in [-0.25, -0.2) is 8.78 Å². The molecule has 1 atom stereocenters. The zero-order valence-electron chi connectivity index (χ0n) is 20.5. The Labute approximate surface area is 194 Å². The fourth-order valence-electron chi connectivity index (χ4n) is 4.63. The lowest BCUT2D eigenvalue weighted by atomic mass is 9.89. The van der Waals surface area contributed by atoms with Crippen LogP contribution in [0.2, 0.25) is 0 Å². The van der Waals surface area contributed by atoms with Gasteiger partial charge in [0.25, 0.3) is 11.8 Å². The van der Waals surface area contributed by atoms with Gasteiger partial charge in [0.05, 0.1) is 6.54 Å². The molecule has 0 N–H and O–H groups in total. The van der Waals surface area contributed by atoms with Crippen LogP contribution in [0.5, 0.6) is 0 Å². The van der Waals surface area contributed by atoms with Crippen LogP contribution >= 0.6 is 0 Å². The normalized spacial score (nSPS) is 22.2. The van der Waals surface area contributed by atoms with E-state index in [4.69, 9.17) is 0 Å². The molecule has 0 aliphatic carbocycles. The molecule has 2 heterocycles. The van der Waals surface area contributed by atoms with Gasteiger partial charge in [0.2, 0.25) is 11.8 Å². The lowest BCUT2D eigenvalue weighted by molar-refractivity contribution is -0.167. The minimum atomic E-state index is -2.95. The van der Waals surface area contributed by atoms with Crippen molar-refractivity contribution in [1.82, 2.24) is 14.7 Å². The second-order valence-electron chi connectivity index (χ2n) is 10.9. The van der Waals surface area contributed by atoms with Crippen molar-refractivity contribution in [3.63, 3.8) is 0 Å². The topological polar surface area (TPSA) is 60.9 Å². The molecule has 3 rings (SSSR count). The fraction of sp³-hybridized carbons (Fsp3) is 0.640. The van der Waals surface area contributed by atoms with Crippen molar-refractivity contribution in [1.29, 1.82) is 0 Å². The number of carbonyl (C=O) groups is 3. The molecule has 182 valence electrons. The van der Waals surface area contributed by atoms with Gasteiger partial charge in [-0.3, -0.25) is 14.4 Å². The highest BCUT2D eigenvalue weighted by Gasteiger charge is 2.57. The first-order chi connectivity index (χ1) is 15.1. The molecule has 2 fully saturated rings. The number of nitrogens with zero attached hydrogens (tertiary/aromatic N) is 3. The van der Waals surface area contributed by atoms with Crippen LogP contribution in [0.25, 0.3) is 0 Å². The molecule has 6 nitrogen and oxygen atoms in total. The van der Waals surface area contributed by atoms with Crippen molar-refractivity contribution >= 4 is 17.7 Å². The van der Waals surface area contributed by atoms with E-state index in [1.807, 2.05) is 34.6 Å². The molecule has 0 radical (unpaired) electrons.